The molecular formula is C17H17ClN6O. The third-order valence-electron chi connectivity index (χ3n) is 3.92. The van der Waals surface area contributed by atoms with Crippen LogP contribution in [0.25, 0.3) is 11.4 Å². The summed E-state index contributed by atoms with van der Waals surface area (Å²) in [5.74, 6) is 0.555. The van der Waals surface area contributed by atoms with Gasteiger partial charge in [-0.25, -0.2) is 9.97 Å². The molecule has 2 heterocycles. The van der Waals surface area contributed by atoms with E-state index in [9.17, 15) is 4.79 Å². The average Bonchev–Trinajstić information content (AvgIpc) is 2.88. The summed E-state index contributed by atoms with van der Waals surface area (Å²) in [5.41, 5.74) is 8.47. The predicted octanol–water partition coefficient (Wildman–Crippen LogP) is 2.55. The van der Waals surface area contributed by atoms with E-state index in [4.69, 9.17) is 17.3 Å². The van der Waals surface area contributed by atoms with Gasteiger partial charge in [0.25, 0.3) is 5.91 Å². The standard InChI is InChI=1S/C17H17ClN6O/c1-10-13(7-19)16(23-24(10)2)22-17(25)11-8-20-15(21-9-11)12-5-3-4-6-14(12)18/h3-6,8-9H,7,19H2,1-2H3,(H,22,23,25). The lowest BCUT2D eigenvalue weighted by atomic mass is 10.2. The van der Waals surface area contributed by atoms with Gasteiger partial charge in [-0.2, -0.15) is 5.10 Å². The topological polar surface area (TPSA) is 98.7 Å². The Hall–Kier alpha value is -2.77. The van der Waals surface area contributed by atoms with Crippen LogP contribution in [0.2, 0.25) is 5.02 Å². The Balaban J connectivity index is 1.82. The van der Waals surface area contributed by atoms with Gasteiger partial charge in [-0.1, -0.05) is 23.7 Å². The number of hydrogen-bond acceptors (Lipinski definition) is 5. The minimum Gasteiger partial charge on any atom is -0.326 e. The summed E-state index contributed by atoms with van der Waals surface area (Å²) in [6.07, 6.45) is 2.91. The van der Waals surface area contributed by atoms with Crippen molar-refractivity contribution in [1.82, 2.24) is 19.7 Å². The van der Waals surface area contributed by atoms with E-state index in [1.807, 2.05) is 25.1 Å². The molecule has 128 valence electrons. The number of halogens is 1. The zero-order chi connectivity index (χ0) is 18.0. The molecule has 0 unspecified atom stereocenters. The molecule has 3 N–H and O–H groups in total. The molecule has 8 heteroatoms. The van der Waals surface area contributed by atoms with Gasteiger partial charge in [0.1, 0.15) is 0 Å². The van der Waals surface area contributed by atoms with Gasteiger partial charge in [0.2, 0.25) is 0 Å². The molecule has 1 amide bonds. The fourth-order valence-electron chi connectivity index (χ4n) is 2.40. The number of benzene rings is 1. The van der Waals surface area contributed by atoms with Crippen molar-refractivity contribution in [3.63, 3.8) is 0 Å². The molecule has 0 aliphatic rings. The third-order valence-corrected chi connectivity index (χ3v) is 4.25. The van der Waals surface area contributed by atoms with Crippen LogP contribution in [0.15, 0.2) is 36.7 Å². The number of carbonyl (C=O) groups excluding carboxylic acids is 1. The molecule has 7 nitrogen and oxygen atoms in total. The zero-order valence-electron chi connectivity index (χ0n) is 13.8. The summed E-state index contributed by atoms with van der Waals surface area (Å²) >= 11 is 6.14. The van der Waals surface area contributed by atoms with Crippen LogP contribution < -0.4 is 11.1 Å². The molecule has 3 aromatic rings. The highest BCUT2D eigenvalue weighted by molar-refractivity contribution is 6.33. The monoisotopic (exact) mass is 356 g/mol. The number of anilines is 1. The largest absolute Gasteiger partial charge is 0.326 e. The first-order chi connectivity index (χ1) is 12.0. The number of nitrogens with two attached hydrogens (primary N) is 1. The predicted molar refractivity (Wildman–Crippen MR) is 96.3 cm³/mol. The van der Waals surface area contributed by atoms with Gasteiger partial charge >= 0.3 is 0 Å². The van der Waals surface area contributed by atoms with Crippen molar-refractivity contribution in [2.45, 2.75) is 13.5 Å². The molecule has 1 aromatic carbocycles. The maximum Gasteiger partial charge on any atom is 0.260 e. The summed E-state index contributed by atoms with van der Waals surface area (Å²) in [5, 5.41) is 7.57. The van der Waals surface area contributed by atoms with E-state index in [0.29, 0.717) is 27.8 Å². The molecule has 0 fully saturated rings. The molecule has 0 atom stereocenters. The molecule has 0 saturated heterocycles. The third kappa shape index (κ3) is 3.38. The van der Waals surface area contributed by atoms with E-state index in [-0.39, 0.29) is 12.5 Å². The Labute approximate surface area is 149 Å². The van der Waals surface area contributed by atoms with Crippen LogP contribution in [-0.2, 0) is 13.6 Å². The molecule has 0 spiro atoms. The first-order valence-electron chi connectivity index (χ1n) is 7.62. The first-order valence-corrected chi connectivity index (χ1v) is 8.00. The van der Waals surface area contributed by atoms with E-state index in [1.165, 1.54) is 12.4 Å². The van der Waals surface area contributed by atoms with Crippen LogP contribution >= 0.6 is 11.6 Å². The lowest BCUT2D eigenvalue weighted by Crippen LogP contribution is -2.15. The summed E-state index contributed by atoms with van der Waals surface area (Å²) in [6.45, 7) is 2.18. The van der Waals surface area contributed by atoms with Crippen molar-refractivity contribution >= 4 is 23.3 Å². The smallest absolute Gasteiger partial charge is 0.260 e. The van der Waals surface area contributed by atoms with E-state index < -0.39 is 0 Å². The van der Waals surface area contributed by atoms with Crippen LogP contribution in [-0.4, -0.2) is 25.7 Å². The van der Waals surface area contributed by atoms with E-state index >= 15 is 0 Å². The van der Waals surface area contributed by atoms with Crippen molar-refractivity contribution in [2.75, 3.05) is 5.32 Å². The van der Waals surface area contributed by atoms with Crippen LogP contribution in [0.4, 0.5) is 5.82 Å². The number of aryl methyl sites for hydroxylation is 1. The van der Waals surface area contributed by atoms with Crippen molar-refractivity contribution in [3.8, 4) is 11.4 Å². The number of nitrogens with zero attached hydrogens (tertiary/aromatic N) is 4. The highest BCUT2D eigenvalue weighted by Gasteiger charge is 2.16. The average molecular weight is 357 g/mol. The molecule has 0 saturated carbocycles. The molecule has 0 radical (unpaired) electrons. The van der Waals surface area contributed by atoms with Crippen LogP contribution in [0.3, 0.4) is 0 Å². The number of hydrogen-bond donors (Lipinski definition) is 2. The first kappa shape index (κ1) is 17.1. The second-order valence-electron chi connectivity index (χ2n) is 5.47. The Morgan fingerprint density at radius 3 is 2.60 bits per heavy atom. The molecular weight excluding hydrogens is 340 g/mol. The van der Waals surface area contributed by atoms with E-state index in [1.54, 1.807) is 17.8 Å². The lowest BCUT2D eigenvalue weighted by molar-refractivity contribution is 0.102. The van der Waals surface area contributed by atoms with Crippen molar-refractivity contribution in [1.29, 1.82) is 0 Å². The summed E-state index contributed by atoms with van der Waals surface area (Å²) in [6, 6.07) is 7.26. The second-order valence-corrected chi connectivity index (χ2v) is 5.88. The summed E-state index contributed by atoms with van der Waals surface area (Å²) in [4.78, 5) is 20.9. The minimum absolute atomic E-state index is 0.289. The van der Waals surface area contributed by atoms with Gasteiger partial charge in [0, 0.05) is 42.8 Å². The Morgan fingerprint density at radius 2 is 1.96 bits per heavy atom. The normalized spacial score (nSPS) is 10.7. The summed E-state index contributed by atoms with van der Waals surface area (Å²) < 4.78 is 1.68. The number of nitrogens with one attached hydrogen (secondary N) is 1. The van der Waals surface area contributed by atoms with Crippen molar-refractivity contribution in [3.05, 3.63) is 58.5 Å². The van der Waals surface area contributed by atoms with Gasteiger partial charge < -0.3 is 11.1 Å². The van der Waals surface area contributed by atoms with Gasteiger partial charge in [-0.15, -0.1) is 0 Å². The number of amides is 1. The lowest BCUT2D eigenvalue weighted by Gasteiger charge is -2.06. The van der Waals surface area contributed by atoms with Crippen molar-refractivity contribution in [2.24, 2.45) is 12.8 Å². The second kappa shape index (κ2) is 7.00. The Kier molecular flexibility index (Phi) is 4.78. The highest BCUT2D eigenvalue weighted by Crippen LogP contribution is 2.24. The molecule has 0 bridgehead atoms. The van der Waals surface area contributed by atoms with Crippen molar-refractivity contribution < 1.29 is 4.79 Å². The maximum atomic E-state index is 12.4. The number of aromatic nitrogens is 4. The minimum atomic E-state index is -0.349. The van der Waals surface area contributed by atoms with Crippen LogP contribution in [0.5, 0.6) is 0 Å². The molecule has 2 aromatic heterocycles. The number of carbonyl (C=O) groups is 1. The van der Waals surface area contributed by atoms with Gasteiger partial charge in [0.15, 0.2) is 11.6 Å². The fourth-order valence-corrected chi connectivity index (χ4v) is 2.62. The Bertz CT molecular complexity index is 919. The van der Waals surface area contributed by atoms with Gasteiger partial charge in [-0.05, 0) is 19.1 Å². The zero-order valence-corrected chi connectivity index (χ0v) is 14.6. The molecule has 0 aliphatic carbocycles. The maximum absolute atomic E-state index is 12.4. The van der Waals surface area contributed by atoms with Gasteiger partial charge in [0.05, 0.1) is 10.6 Å². The molecule has 3 rings (SSSR count). The van der Waals surface area contributed by atoms with Gasteiger partial charge in [-0.3, -0.25) is 9.48 Å². The SMILES string of the molecule is Cc1c(CN)c(NC(=O)c2cnc(-c3ccccc3Cl)nc2)nn1C. The quantitative estimate of drug-likeness (QED) is 0.748. The number of rotatable bonds is 4. The highest BCUT2D eigenvalue weighted by atomic mass is 35.5. The van der Waals surface area contributed by atoms with Crippen LogP contribution in [0, 0.1) is 6.92 Å². The molecule has 25 heavy (non-hydrogen) atoms. The van der Waals surface area contributed by atoms with E-state index in [0.717, 1.165) is 11.3 Å². The summed E-state index contributed by atoms with van der Waals surface area (Å²) in [7, 11) is 1.80. The molecule has 0 aliphatic heterocycles. The Morgan fingerprint density at radius 1 is 1.28 bits per heavy atom. The van der Waals surface area contributed by atoms with E-state index in [2.05, 4.69) is 20.4 Å². The van der Waals surface area contributed by atoms with Crippen LogP contribution in [0.1, 0.15) is 21.6 Å². The fraction of sp³-hybridized carbons (Fsp3) is 0.176.